The third kappa shape index (κ3) is 4.89. The predicted octanol–water partition coefficient (Wildman–Crippen LogP) is 3.14. The van der Waals surface area contributed by atoms with Gasteiger partial charge in [-0.05, 0) is 36.8 Å². The van der Waals surface area contributed by atoms with Gasteiger partial charge in [-0.3, -0.25) is 14.4 Å². The van der Waals surface area contributed by atoms with E-state index in [-0.39, 0.29) is 24.6 Å². The van der Waals surface area contributed by atoms with Gasteiger partial charge in [0.05, 0.1) is 17.9 Å². The Hall–Kier alpha value is -2.87. The summed E-state index contributed by atoms with van der Waals surface area (Å²) in [5.74, 6) is -1.34. The van der Waals surface area contributed by atoms with Crippen molar-refractivity contribution in [1.29, 1.82) is 0 Å². The molecule has 0 radical (unpaired) electrons. The summed E-state index contributed by atoms with van der Waals surface area (Å²) in [6, 6.07) is 11.8. The monoisotopic (exact) mass is 402 g/mol. The molecule has 28 heavy (non-hydrogen) atoms. The Labute approximate surface area is 166 Å². The first kappa shape index (κ1) is 19.9. The quantitative estimate of drug-likeness (QED) is 0.752. The van der Waals surface area contributed by atoms with E-state index < -0.39 is 24.3 Å². The first-order valence-electron chi connectivity index (χ1n) is 8.68. The molecule has 0 aliphatic carbocycles. The lowest BCUT2D eigenvalue weighted by Crippen LogP contribution is -2.37. The molecule has 3 rings (SSSR count). The fraction of sp³-hybridized carbons (Fsp3) is 0.250. The summed E-state index contributed by atoms with van der Waals surface area (Å²) in [5.41, 5.74) is 1.53. The third-order valence-electron chi connectivity index (χ3n) is 4.17. The van der Waals surface area contributed by atoms with Gasteiger partial charge in [0.15, 0.2) is 6.61 Å². The second-order valence-corrected chi connectivity index (χ2v) is 7.24. The molecule has 1 aliphatic heterocycles. The minimum absolute atomic E-state index is 0.0306. The maximum absolute atomic E-state index is 13.5. The fourth-order valence-electron chi connectivity index (χ4n) is 2.69. The average Bonchev–Trinajstić information content (AvgIpc) is 2.68. The van der Waals surface area contributed by atoms with Crippen LogP contribution >= 0.6 is 11.8 Å². The number of benzene rings is 2. The van der Waals surface area contributed by atoms with Crippen LogP contribution in [0.5, 0.6) is 0 Å². The molecule has 0 saturated carbocycles. The summed E-state index contributed by atoms with van der Waals surface area (Å²) in [6.45, 7) is 1.32. The van der Waals surface area contributed by atoms with Crippen LogP contribution in [0, 0.1) is 12.7 Å². The summed E-state index contributed by atoms with van der Waals surface area (Å²) < 4.78 is 18.4. The third-order valence-corrected chi connectivity index (χ3v) is 5.22. The standard InChI is InChI=1S/C20H19FN2O4S/c1-13-6-7-14(10-15(13)21)22-18(24)11-27-20(26)8-9-23-16-4-2-3-5-17(16)28-12-19(23)25/h2-7,10H,8-9,11-12H2,1H3,(H,22,24). The van der Waals surface area contributed by atoms with Gasteiger partial charge in [0.1, 0.15) is 5.82 Å². The molecule has 6 nitrogen and oxygen atoms in total. The van der Waals surface area contributed by atoms with Gasteiger partial charge in [-0.1, -0.05) is 18.2 Å². The molecule has 2 aromatic carbocycles. The van der Waals surface area contributed by atoms with Crippen LogP contribution in [-0.4, -0.2) is 36.7 Å². The normalized spacial score (nSPS) is 13.1. The largest absolute Gasteiger partial charge is 0.456 e. The van der Waals surface area contributed by atoms with Crippen LogP contribution in [0.3, 0.4) is 0 Å². The predicted molar refractivity (Wildman–Crippen MR) is 105 cm³/mol. The summed E-state index contributed by atoms with van der Waals surface area (Å²) >= 11 is 1.46. The van der Waals surface area contributed by atoms with Crippen molar-refractivity contribution in [2.45, 2.75) is 18.2 Å². The lowest BCUT2D eigenvalue weighted by atomic mass is 10.2. The lowest BCUT2D eigenvalue weighted by molar-refractivity contribution is -0.147. The van der Waals surface area contributed by atoms with Crippen LogP contribution in [0.4, 0.5) is 15.8 Å². The number of anilines is 2. The zero-order valence-corrected chi connectivity index (χ0v) is 16.1. The number of para-hydroxylation sites is 1. The second kappa shape index (κ2) is 8.88. The number of fused-ring (bicyclic) bond motifs is 1. The van der Waals surface area contributed by atoms with Crippen molar-refractivity contribution in [2.75, 3.05) is 29.1 Å². The van der Waals surface area contributed by atoms with Crippen molar-refractivity contribution < 1.29 is 23.5 Å². The molecular weight excluding hydrogens is 383 g/mol. The number of esters is 1. The van der Waals surface area contributed by atoms with E-state index in [0.29, 0.717) is 11.3 Å². The van der Waals surface area contributed by atoms with Crippen LogP contribution in [0.25, 0.3) is 0 Å². The van der Waals surface area contributed by atoms with Crippen molar-refractivity contribution in [3.63, 3.8) is 0 Å². The number of thioether (sulfide) groups is 1. The minimum Gasteiger partial charge on any atom is -0.456 e. The average molecular weight is 402 g/mol. The molecule has 0 fully saturated rings. The molecule has 0 spiro atoms. The first-order valence-corrected chi connectivity index (χ1v) is 9.66. The van der Waals surface area contributed by atoms with E-state index in [0.717, 1.165) is 10.6 Å². The van der Waals surface area contributed by atoms with Gasteiger partial charge >= 0.3 is 5.97 Å². The van der Waals surface area contributed by atoms with E-state index in [2.05, 4.69) is 5.32 Å². The van der Waals surface area contributed by atoms with Gasteiger partial charge in [-0.25, -0.2) is 4.39 Å². The molecule has 2 amide bonds. The number of hydrogen-bond acceptors (Lipinski definition) is 5. The molecule has 0 atom stereocenters. The van der Waals surface area contributed by atoms with Crippen molar-refractivity contribution in [3.8, 4) is 0 Å². The van der Waals surface area contributed by atoms with Gasteiger partial charge in [0.2, 0.25) is 5.91 Å². The van der Waals surface area contributed by atoms with Gasteiger partial charge in [0.25, 0.3) is 5.91 Å². The van der Waals surface area contributed by atoms with Crippen LogP contribution in [0.2, 0.25) is 0 Å². The Bertz CT molecular complexity index is 919. The number of amides is 2. The zero-order valence-electron chi connectivity index (χ0n) is 15.2. The Balaban J connectivity index is 1.47. The SMILES string of the molecule is Cc1ccc(NC(=O)COC(=O)CCN2C(=O)CSc3ccccc32)cc1F. The van der Waals surface area contributed by atoms with E-state index >= 15 is 0 Å². The van der Waals surface area contributed by atoms with E-state index in [4.69, 9.17) is 4.74 Å². The van der Waals surface area contributed by atoms with Gasteiger partial charge in [-0.2, -0.15) is 0 Å². The van der Waals surface area contributed by atoms with E-state index in [1.165, 1.54) is 17.8 Å². The van der Waals surface area contributed by atoms with Gasteiger partial charge in [0, 0.05) is 17.1 Å². The lowest BCUT2D eigenvalue weighted by Gasteiger charge is -2.28. The van der Waals surface area contributed by atoms with Crippen LogP contribution in [-0.2, 0) is 19.1 Å². The van der Waals surface area contributed by atoms with Crippen LogP contribution in [0.15, 0.2) is 47.4 Å². The number of carbonyl (C=O) groups excluding carboxylic acids is 3. The maximum Gasteiger partial charge on any atom is 0.308 e. The Morgan fingerprint density at radius 1 is 1.25 bits per heavy atom. The molecule has 0 unspecified atom stereocenters. The smallest absolute Gasteiger partial charge is 0.308 e. The number of rotatable bonds is 6. The summed E-state index contributed by atoms with van der Waals surface area (Å²) in [6.07, 6.45) is -0.0306. The molecule has 0 aromatic heterocycles. The minimum atomic E-state index is -0.589. The Morgan fingerprint density at radius 3 is 2.82 bits per heavy atom. The highest BCUT2D eigenvalue weighted by molar-refractivity contribution is 8.00. The summed E-state index contributed by atoms with van der Waals surface area (Å²) in [4.78, 5) is 38.5. The molecule has 1 aliphatic rings. The molecule has 1 N–H and O–H groups in total. The number of ether oxygens (including phenoxy) is 1. The number of nitrogens with zero attached hydrogens (tertiary/aromatic N) is 1. The number of nitrogens with one attached hydrogen (secondary N) is 1. The summed E-state index contributed by atoms with van der Waals surface area (Å²) in [5, 5.41) is 2.47. The molecule has 146 valence electrons. The Kier molecular flexibility index (Phi) is 6.30. The Morgan fingerprint density at radius 2 is 2.04 bits per heavy atom. The first-order chi connectivity index (χ1) is 13.4. The number of hydrogen-bond donors (Lipinski definition) is 1. The molecule has 2 aromatic rings. The van der Waals surface area contributed by atoms with Crippen LogP contribution < -0.4 is 10.2 Å². The van der Waals surface area contributed by atoms with Gasteiger partial charge in [-0.15, -0.1) is 11.8 Å². The number of carbonyl (C=O) groups is 3. The highest BCUT2D eigenvalue weighted by Gasteiger charge is 2.25. The molecule has 1 heterocycles. The number of halogens is 1. The molecule has 0 bridgehead atoms. The van der Waals surface area contributed by atoms with E-state index in [9.17, 15) is 18.8 Å². The highest BCUT2D eigenvalue weighted by atomic mass is 32.2. The molecule has 8 heteroatoms. The number of aryl methyl sites for hydroxylation is 1. The highest BCUT2D eigenvalue weighted by Crippen LogP contribution is 2.34. The van der Waals surface area contributed by atoms with Crippen molar-refractivity contribution >= 4 is 40.9 Å². The van der Waals surface area contributed by atoms with E-state index in [1.807, 2.05) is 24.3 Å². The van der Waals surface area contributed by atoms with Gasteiger partial charge < -0.3 is 15.0 Å². The van der Waals surface area contributed by atoms with Crippen molar-refractivity contribution in [2.24, 2.45) is 0 Å². The molecular formula is C20H19FN2O4S. The molecule has 0 saturated heterocycles. The van der Waals surface area contributed by atoms with Crippen molar-refractivity contribution in [3.05, 3.63) is 53.8 Å². The van der Waals surface area contributed by atoms with Crippen LogP contribution in [0.1, 0.15) is 12.0 Å². The fourth-order valence-corrected chi connectivity index (χ4v) is 3.62. The summed E-state index contributed by atoms with van der Waals surface area (Å²) in [7, 11) is 0. The maximum atomic E-state index is 13.5. The van der Waals surface area contributed by atoms with Crippen molar-refractivity contribution in [1.82, 2.24) is 0 Å². The van der Waals surface area contributed by atoms with E-state index in [1.54, 1.807) is 24.0 Å². The second-order valence-electron chi connectivity index (χ2n) is 6.22. The topological polar surface area (TPSA) is 75.7 Å². The zero-order chi connectivity index (χ0) is 20.1.